The van der Waals surface area contributed by atoms with Crippen molar-refractivity contribution in [2.75, 3.05) is 13.1 Å². The number of para-hydroxylation sites is 1. The lowest BCUT2D eigenvalue weighted by molar-refractivity contribution is -0.129. The van der Waals surface area contributed by atoms with E-state index in [0.717, 1.165) is 25.1 Å². The molecule has 0 N–H and O–H groups in total. The summed E-state index contributed by atoms with van der Waals surface area (Å²) < 4.78 is 15.2. The molecule has 1 saturated heterocycles. The molecule has 1 amide bonds. The Hall–Kier alpha value is -2.62. The number of benzene rings is 2. The number of aryl methyl sites for hydroxylation is 1. The summed E-state index contributed by atoms with van der Waals surface area (Å²) in [6, 6.07) is 16.8. The van der Waals surface area contributed by atoms with Crippen molar-refractivity contribution in [2.45, 2.75) is 18.8 Å². The molecule has 0 radical (unpaired) electrons. The van der Waals surface area contributed by atoms with Gasteiger partial charge >= 0.3 is 0 Å². The number of amides is 1. The van der Waals surface area contributed by atoms with Gasteiger partial charge in [-0.05, 0) is 41.6 Å². The molecule has 3 aromatic rings. The number of carbonyl (C=O) groups excluding carboxylic acids is 1. The van der Waals surface area contributed by atoms with E-state index in [2.05, 4.69) is 41.9 Å². The van der Waals surface area contributed by atoms with Crippen molar-refractivity contribution in [1.29, 1.82) is 0 Å². The third-order valence-corrected chi connectivity index (χ3v) is 5.22. The molecular weight excluding hydrogens is 315 g/mol. The van der Waals surface area contributed by atoms with Gasteiger partial charge < -0.3 is 9.47 Å². The molecule has 2 aromatic carbocycles. The van der Waals surface area contributed by atoms with Crippen molar-refractivity contribution >= 4 is 16.8 Å². The van der Waals surface area contributed by atoms with Crippen LogP contribution in [0, 0.1) is 5.82 Å². The van der Waals surface area contributed by atoms with E-state index in [9.17, 15) is 9.18 Å². The van der Waals surface area contributed by atoms with Crippen LogP contribution in [-0.2, 0) is 18.3 Å². The third-order valence-electron chi connectivity index (χ3n) is 5.22. The first kappa shape index (κ1) is 15.9. The van der Waals surface area contributed by atoms with Crippen LogP contribution in [0.3, 0.4) is 0 Å². The minimum atomic E-state index is -0.270. The molecule has 1 fully saturated rings. The highest BCUT2D eigenvalue weighted by Crippen LogP contribution is 2.31. The number of carbonyl (C=O) groups is 1. The van der Waals surface area contributed by atoms with Crippen LogP contribution < -0.4 is 0 Å². The Bertz CT molecular complexity index is 913. The SMILES string of the molecule is Cn1c(C2CCN(C(=O)Cc3ccc(F)cc3)C2)cc2ccccc21. The zero-order valence-corrected chi connectivity index (χ0v) is 14.3. The average molecular weight is 336 g/mol. The van der Waals surface area contributed by atoms with E-state index in [-0.39, 0.29) is 11.7 Å². The number of hydrogen-bond donors (Lipinski definition) is 0. The van der Waals surface area contributed by atoms with Crippen LogP contribution in [0.2, 0.25) is 0 Å². The molecule has 128 valence electrons. The lowest BCUT2D eigenvalue weighted by Gasteiger charge is -2.17. The van der Waals surface area contributed by atoms with Crippen molar-refractivity contribution in [3.05, 3.63) is 71.7 Å². The fraction of sp³-hybridized carbons (Fsp3) is 0.286. The molecule has 1 unspecified atom stereocenters. The second-order valence-corrected chi connectivity index (χ2v) is 6.82. The zero-order valence-electron chi connectivity index (χ0n) is 14.3. The monoisotopic (exact) mass is 336 g/mol. The van der Waals surface area contributed by atoms with E-state index in [4.69, 9.17) is 0 Å². The summed E-state index contributed by atoms with van der Waals surface area (Å²) in [4.78, 5) is 14.5. The quantitative estimate of drug-likeness (QED) is 0.713. The van der Waals surface area contributed by atoms with Crippen LogP contribution in [0.1, 0.15) is 23.6 Å². The molecule has 0 aliphatic carbocycles. The van der Waals surface area contributed by atoms with Gasteiger partial charge in [0.1, 0.15) is 5.82 Å². The molecule has 1 aliphatic rings. The maximum atomic E-state index is 13.0. The molecule has 4 rings (SSSR count). The largest absolute Gasteiger partial charge is 0.347 e. The molecule has 4 heteroatoms. The fourth-order valence-corrected chi connectivity index (χ4v) is 3.82. The molecule has 2 heterocycles. The van der Waals surface area contributed by atoms with Gasteiger partial charge in [0.15, 0.2) is 0 Å². The van der Waals surface area contributed by atoms with Gasteiger partial charge in [-0.2, -0.15) is 0 Å². The van der Waals surface area contributed by atoms with Crippen LogP contribution in [-0.4, -0.2) is 28.5 Å². The number of fused-ring (bicyclic) bond motifs is 1. The molecule has 0 bridgehead atoms. The second kappa shape index (κ2) is 6.36. The Kier molecular flexibility index (Phi) is 4.04. The highest BCUT2D eigenvalue weighted by atomic mass is 19.1. The lowest BCUT2D eigenvalue weighted by Crippen LogP contribution is -2.30. The van der Waals surface area contributed by atoms with Crippen molar-refractivity contribution in [2.24, 2.45) is 7.05 Å². The van der Waals surface area contributed by atoms with Crippen LogP contribution in [0.15, 0.2) is 54.6 Å². The number of hydrogen-bond acceptors (Lipinski definition) is 1. The smallest absolute Gasteiger partial charge is 0.227 e. The first-order valence-electron chi connectivity index (χ1n) is 8.68. The summed E-state index contributed by atoms with van der Waals surface area (Å²) in [6.45, 7) is 1.54. The number of rotatable bonds is 3. The van der Waals surface area contributed by atoms with Gasteiger partial charge in [0.2, 0.25) is 5.91 Å². The van der Waals surface area contributed by atoms with Crippen molar-refractivity contribution < 1.29 is 9.18 Å². The second-order valence-electron chi connectivity index (χ2n) is 6.82. The predicted molar refractivity (Wildman–Crippen MR) is 97.0 cm³/mol. The molecule has 1 aliphatic heterocycles. The summed E-state index contributed by atoms with van der Waals surface area (Å²) in [5.41, 5.74) is 3.38. The standard InChI is InChI=1S/C21H21FN2O/c1-23-19-5-3-2-4-16(19)13-20(23)17-10-11-24(14-17)21(25)12-15-6-8-18(22)9-7-15/h2-9,13,17H,10-12,14H2,1H3. The van der Waals surface area contributed by atoms with E-state index < -0.39 is 0 Å². The van der Waals surface area contributed by atoms with Crippen LogP contribution in [0.5, 0.6) is 0 Å². The number of aromatic nitrogens is 1. The first-order valence-corrected chi connectivity index (χ1v) is 8.68. The Morgan fingerprint density at radius 3 is 2.68 bits per heavy atom. The maximum Gasteiger partial charge on any atom is 0.227 e. The summed E-state index contributed by atoms with van der Waals surface area (Å²) in [5, 5.41) is 1.25. The summed E-state index contributed by atoms with van der Waals surface area (Å²) in [5.74, 6) is 0.218. The molecule has 25 heavy (non-hydrogen) atoms. The summed E-state index contributed by atoms with van der Waals surface area (Å²) in [6.07, 6.45) is 1.32. The van der Waals surface area contributed by atoms with Gasteiger partial charge in [0, 0.05) is 37.3 Å². The number of likely N-dealkylation sites (tertiary alicyclic amines) is 1. The molecule has 1 atom stereocenters. The Morgan fingerprint density at radius 2 is 1.92 bits per heavy atom. The minimum absolute atomic E-state index is 0.118. The molecular formula is C21H21FN2O. The van der Waals surface area contributed by atoms with E-state index in [0.29, 0.717) is 12.3 Å². The van der Waals surface area contributed by atoms with E-state index in [1.165, 1.54) is 28.7 Å². The van der Waals surface area contributed by atoms with Crippen molar-refractivity contribution in [1.82, 2.24) is 9.47 Å². The van der Waals surface area contributed by atoms with Crippen molar-refractivity contribution in [3.63, 3.8) is 0 Å². The van der Waals surface area contributed by atoms with E-state index >= 15 is 0 Å². The Morgan fingerprint density at radius 1 is 1.16 bits per heavy atom. The van der Waals surface area contributed by atoms with E-state index in [1.807, 2.05) is 4.90 Å². The van der Waals surface area contributed by atoms with Gasteiger partial charge in [-0.25, -0.2) is 4.39 Å². The molecule has 3 nitrogen and oxygen atoms in total. The van der Waals surface area contributed by atoms with E-state index in [1.54, 1.807) is 12.1 Å². The lowest BCUT2D eigenvalue weighted by atomic mass is 10.0. The maximum absolute atomic E-state index is 13.0. The topological polar surface area (TPSA) is 25.2 Å². The van der Waals surface area contributed by atoms with Gasteiger partial charge in [-0.1, -0.05) is 30.3 Å². The normalized spacial score (nSPS) is 17.4. The minimum Gasteiger partial charge on any atom is -0.347 e. The zero-order chi connectivity index (χ0) is 17.4. The Balaban J connectivity index is 1.47. The van der Waals surface area contributed by atoms with Crippen molar-refractivity contribution in [3.8, 4) is 0 Å². The number of nitrogens with zero attached hydrogens (tertiary/aromatic N) is 2. The van der Waals surface area contributed by atoms with Crippen LogP contribution >= 0.6 is 0 Å². The first-order chi connectivity index (χ1) is 12.1. The third kappa shape index (κ3) is 3.04. The highest BCUT2D eigenvalue weighted by molar-refractivity contribution is 5.82. The van der Waals surface area contributed by atoms with Crippen LogP contribution in [0.25, 0.3) is 10.9 Å². The average Bonchev–Trinajstić information content (AvgIpc) is 3.22. The van der Waals surface area contributed by atoms with Gasteiger partial charge in [0.05, 0.1) is 6.42 Å². The van der Waals surface area contributed by atoms with Gasteiger partial charge in [0.25, 0.3) is 0 Å². The molecule has 0 saturated carbocycles. The summed E-state index contributed by atoms with van der Waals surface area (Å²) in [7, 11) is 2.10. The van der Waals surface area contributed by atoms with Gasteiger partial charge in [-0.15, -0.1) is 0 Å². The van der Waals surface area contributed by atoms with Gasteiger partial charge in [-0.3, -0.25) is 4.79 Å². The Labute approximate surface area is 146 Å². The number of halogens is 1. The fourth-order valence-electron chi connectivity index (χ4n) is 3.82. The molecule has 1 aromatic heterocycles. The predicted octanol–water partition coefficient (Wildman–Crippen LogP) is 3.88. The van der Waals surface area contributed by atoms with Crippen LogP contribution in [0.4, 0.5) is 4.39 Å². The summed E-state index contributed by atoms with van der Waals surface area (Å²) >= 11 is 0. The molecule has 0 spiro atoms. The highest BCUT2D eigenvalue weighted by Gasteiger charge is 2.29.